The summed E-state index contributed by atoms with van der Waals surface area (Å²) >= 11 is 7.15. The summed E-state index contributed by atoms with van der Waals surface area (Å²) in [5.41, 5.74) is 2.11. The summed E-state index contributed by atoms with van der Waals surface area (Å²) in [6.07, 6.45) is 0. The summed E-state index contributed by atoms with van der Waals surface area (Å²) in [7, 11) is 0. The van der Waals surface area contributed by atoms with Gasteiger partial charge in [-0.25, -0.2) is 4.98 Å². The second-order valence-corrected chi connectivity index (χ2v) is 5.11. The maximum Gasteiger partial charge on any atom is 0.200 e. The molecule has 4 heteroatoms. The maximum absolute atomic E-state index is 5.30. The van der Waals surface area contributed by atoms with Gasteiger partial charge in [0, 0.05) is 17.9 Å². The molecule has 0 aliphatic carbocycles. The van der Waals surface area contributed by atoms with Crippen LogP contribution in [0.4, 0.5) is 0 Å². The van der Waals surface area contributed by atoms with E-state index in [-0.39, 0.29) is 0 Å². The number of nitrogens with zero attached hydrogens (tertiary/aromatic N) is 2. The van der Waals surface area contributed by atoms with Crippen molar-refractivity contribution in [3.05, 3.63) is 41.2 Å². The van der Waals surface area contributed by atoms with Crippen molar-refractivity contribution < 1.29 is 0 Å². The lowest BCUT2D eigenvalue weighted by molar-refractivity contribution is 0.688. The SMILES string of the molecule is S=c1nc(-c2ccccc2)cc2n1CCS2. The fourth-order valence-corrected chi connectivity index (χ4v) is 3.17. The highest BCUT2D eigenvalue weighted by atomic mass is 32.2. The Balaban J connectivity index is 2.17. The van der Waals surface area contributed by atoms with Gasteiger partial charge in [0.25, 0.3) is 0 Å². The third-order valence-electron chi connectivity index (χ3n) is 2.61. The van der Waals surface area contributed by atoms with Crippen molar-refractivity contribution in [1.29, 1.82) is 0 Å². The molecule has 1 aromatic heterocycles. The van der Waals surface area contributed by atoms with Crippen molar-refractivity contribution in [3.63, 3.8) is 0 Å². The van der Waals surface area contributed by atoms with Gasteiger partial charge in [0.2, 0.25) is 4.77 Å². The molecule has 0 N–H and O–H groups in total. The zero-order valence-electron chi connectivity index (χ0n) is 8.59. The Morgan fingerprint density at radius 3 is 2.88 bits per heavy atom. The fourth-order valence-electron chi connectivity index (χ4n) is 1.81. The highest BCUT2D eigenvalue weighted by molar-refractivity contribution is 7.99. The first-order valence-electron chi connectivity index (χ1n) is 5.15. The van der Waals surface area contributed by atoms with E-state index in [2.05, 4.69) is 27.8 Å². The van der Waals surface area contributed by atoms with Gasteiger partial charge in [-0.1, -0.05) is 30.3 Å². The topological polar surface area (TPSA) is 17.8 Å². The molecular weight excluding hydrogens is 236 g/mol. The van der Waals surface area contributed by atoms with Gasteiger partial charge in [0.15, 0.2) is 0 Å². The van der Waals surface area contributed by atoms with Gasteiger partial charge in [-0.05, 0) is 18.3 Å². The summed E-state index contributed by atoms with van der Waals surface area (Å²) in [5.74, 6) is 1.10. The van der Waals surface area contributed by atoms with Gasteiger partial charge >= 0.3 is 0 Å². The third kappa shape index (κ3) is 1.68. The van der Waals surface area contributed by atoms with E-state index >= 15 is 0 Å². The van der Waals surface area contributed by atoms with Crippen LogP contribution in [0.25, 0.3) is 11.3 Å². The lowest BCUT2D eigenvalue weighted by atomic mass is 10.1. The van der Waals surface area contributed by atoms with Gasteiger partial charge in [-0.15, -0.1) is 11.8 Å². The molecule has 0 spiro atoms. The highest BCUT2D eigenvalue weighted by Crippen LogP contribution is 2.28. The Morgan fingerprint density at radius 1 is 1.25 bits per heavy atom. The van der Waals surface area contributed by atoms with Crippen LogP contribution in [0.5, 0.6) is 0 Å². The molecule has 0 saturated carbocycles. The average Bonchev–Trinajstić information content (AvgIpc) is 2.79. The smallest absolute Gasteiger partial charge is 0.200 e. The van der Waals surface area contributed by atoms with Gasteiger partial charge < -0.3 is 4.57 Å². The van der Waals surface area contributed by atoms with Crippen LogP contribution in [-0.4, -0.2) is 15.3 Å². The first kappa shape index (κ1) is 10.1. The molecule has 0 amide bonds. The molecule has 1 aromatic carbocycles. The van der Waals surface area contributed by atoms with E-state index in [1.54, 1.807) is 0 Å². The average molecular weight is 246 g/mol. The van der Waals surface area contributed by atoms with Crippen LogP contribution in [0.2, 0.25) is 0 Å². The minimum atomic E-state index is 0.696. The predicted molar refractivity (Wildman–Crippen MR) is 69.2 cm³/mol. The van der Waals surface area contributed by atoms with Crippen molar-refractivity contribution in [3.8, 4) is 11.3 Å². The molecule has 3 rings (SSSR count). The molecule has 0 radical (unpaired) electrons. The second kappa shape index (κ2) is 4.03. The monoisotopic (exact) mass is 246 g/mol. The Hall–Kier alpha value is -1.13. The first-order chi connectivity index (χ1) is 7.84. The Bertz CT molecular complexity index is 575. The van der Waals surface area contributed by atoms with Crippen LogP contribution >= 0.6 is 24.0 Å². The molecule has 0 saturated heterocycles. The number of hydrogen-bond donors (Lipinski definition) is 0. The Labute approximate surface area is 103 Å². The highest BCUT2D eigenvalue weighted by Gasteiger charge is 2.13. The number of benzene rings is 1. The lowest BCUT2D eigenvalue weighted by Gasteiger charge is -2.05. The Morgan fingerprint density at radius 2 is 2.06 bits per heavy atom. The number of thioether (sulfide) groups is 1. The summed E-state index contributed by atoms with van der Waals surface area (Å²) < 4.78 is 2.80. The van der Waals surface area contributed by atoms with Crippen molar-refractivity contribution >= 4 is 24.0 Å². The van der Waals surface area contributed by atoms with Crippen molar-refractivity contribution in [2.75, 3.05) is 5.75 Å². The van der Waals surface area contributed by atoms with Crippen LogP contribution in [0.15, 0.2) is 41.4 Å². The molecule has 2 heterocycles. The maximum atomic E-state index is 5.30. The number of hydrogen-bond acceptors (Lipinski definition) is 3. The molecule has 1 aliphatic heterocycles. The molecule has 0 fully saturated rings. The Kier molecular flexibility index (Phi) is 2.53. The molecule has 80 valence electrons. The predicted octanol–water partition coefficient (Wildman–Crippen LogP) is 3.39. The zero-order valence-corrected chi connectivity index (χ0v) is 10.2. The molecule has 2 aromatic rings. The van der Waals surface area contributed by atoms with Crippen LogP contribution in [0.3, 0.4) is 0 Å². The molecule has 0 atom stereocenters. The standard InChI is InChI=1S/C12H10N2S2/c15-12-13-10(9-4-2-1-3-5-9)8-11-14(12)6-7-16-11/h1-5,8H,6-7H2. The van der Waals surface area contributed by atoms with E-state index < -0.39 is 0 Å². The van der Waals surface area contributed by atoms with Gasteiger partial charge in [-0.3, -0.25) is 0 Å². The van der Waals surface area contributed by atoms with Gasteiger partial charge in [0.1, 0.15) is 0 Å². The second-order valence-electron chi connectivity index (χ2n) is 3.63. The molecule has 1 aliphatic rings. The van der Waals surface area contributed by atoms with Crippen molar-refractivity contribution in [1.82, 2.24) is 9.55 Å². The van der Waals surface area contributed by atoms with Crippen molar-refractivity contribution in [2.24, 2.45) is 0 Å². The van der Waals surface area contributed by atoms with Crippen molar-refractivity contribution in [2.45, 2.75) is 11.6 Å². The third-order valence-corrected chi connectivity index (χ3v) is 3.94. The van der Waals surface area contributed by atoms with Crippen LogP contribution in [0.1, 0.15) is 0 Å². The summed E-state index contributed by atoms with van der Waals surface area (Å²) in [4.78, 5) is 4.48. The van der Waals surface area contributed by atoms with Crippen LogP contribution in [0, 0.1) is 4.77 Å². The van der Waals surface area contributed by atoms with E-state index in [0.717, 1.165) is 23.6 Å². The fraction of sp³-hybridized carbons (Fsp3) is 0.167. The molecule has 16 heavy (non-hydrogen) atoms. The number of fused-ring (bicyclic) bond motifs is 1. The number of aromatic nitrogens is 2. The van der Waals surface area contributed by atoms with Gasteiger partial charge in [0.05, 0.1) is 10.7 Å². The zero-order chi connectivity index (χ0) is 11.0. The van der Waals surface area contributed by atoms with Gasteiger partial charge in [-0.2, -0.15) is 0 Å². The normalized spacial score (nSPS) is 13.8. The van der Waals surface area contributed by atoms with E-state index in [1.165, 1.54) is 5.03 Å². The molecular formula is C12H10N2S2. The summed E-state index contributed by atoms with van der Waals surface area (Å²) in [6.45, 7) is 0.987. The summed E-state index contributed by atoms with van der Waals surface area (Å²) in [5, 5.41) is 1.24. The van der Waals surface area contributed by atoms with Crippen LogP contribution < -0.4 is 0 Å². The minimum absolute atomic E-state index is 0.696. The molecule has 0 unspecified atom stereocenters. The van der Waals surface area contributed by atoms with Crippen LogP contribution in [-0.2, 0) is 6.54 Å². The first-order valence-corrected chi connectivity index (χ1v) is 6.54. The van der Waals surface area contributed by atoms with E-state index in [0.29, 0.717) is 4.77 Å². The minimum Gasteiger partial charge on any atom is -0.311 e. The summed E-state index contributed by atoms with van der Waals surface area (Å²) in [6, 6.07) is 12.3. The lowest BCUT2D eigenvalue weighted by Crippen LogP contribution is -2.00. The number of rotatable bonds is 1. The quantitative estimate of drug-likeness (QED) is 0.567. The van der Waals surface area contributed by atoms with E-state index in [1.807, 2.05) is 30.0 Å². The van der Waals surface area contributed by atoms with E-state index in [4.69, 9.17) is 12.2 Å². The molecule has 0 bridgehead atoms. The van der Waals surface area contributed by atoms with E-state index in [9.17, 15) is 0 Å². The largest absolute Gasteiger partial charge is 0.311 e. The molecule has 2 nitrogen and oxygen atoms in total.